The summed E-state index contributed by atoms with van der Waals surface area (Å²) in [6, 6.07) is 12.9. The monoisotopic (exact) mass is 618 g/mol. The molecule has 0 aliphatic carbocycles. The first-order chi connectivity index (χ1) is 21.3. The van der Waals surface area contributed by atoms with Crippen LogP contribution >= 0.6 is 11.3 Å². The van der Waals surface area contributed by atoms with Crippen LogP contribution in [0.3, 0.4) is 0 Å². The smallest absolute Gasteiger partial charge is 0.234 e. The zero-order valence-electron chi connectivity index (χ0n) is 27.5. The molecule has 0 aliphatic heterocycles. The molecule has 2 N–H and O–H groups in total. The van der Waals surface area contributed by atoms with Crippen LogP contribution in [0, 0.1) is 59.8 Å². The quantitative estimate of drug-likeness (QED) is 0.174. The summed E-state index contributed by atoms with van der Waals surface area (Å²) in [4.78, 5) is 5.02. The summed E-state index contributed by atoms with van der Waals surface area (Å²) in [6.07, 6.45) is 0. The average Bonchev–Trinajstić information content (AvgIpc) is 3.60. The van der Waals surface area contributed by atoms with Gasteiger partial charge in [-0.15, -0.1) is 20.4 Å². The maximum Gasteiger partial charge on any atom is 0.234 e. The van der Waals surface area contributed by atoms with Gasteiger partial charge in [0.1, 0.15) is 28.6 Å². The Kier molecular flexibility index (Phi) is 8.54. The Morgan fingerprint density at radius 3 is 1.89 bits per heavy atom. The molecule has 0 unspecified atom stereocenters. The van der Waals surface area contributed by atoms with Crippen molar-refractivity contribution in [3.05, 3.63) is 86.0 Å². The fraction of sp³-hybridized carbons (Fsp3) is 0.324. The van der Waals surface area contributed by atoms with Crippen molar-refractivity contribution in [2.45, 2.75) is 74.7 Å². The van der Waals surface area contributed by atoms with Gasteiger partial charge in [0.2, 0.25) is 5.13 Å². The molecule has 0 saturated carbocycles. The molecular weight excluding hydrogens is 581 g/mol. The Morgan fingerprint density at radius 1 is 0.800 bits per heavy atom. The molecule has 0 aliphatic rings. The van der Waals surface area contributed by atoms with Gasteiger partial charge in [-0.05, 0) is 82.3 Å². The van der Waals surface area contributed by atoms with Crippen LogP contribution in [0.5, 0.6) is 0 Å². The summed E-state index contributed by atoms with van der Waals surface area (Å²) in [5, 5.41) is 40.1. The Labute approximate surface area is 268 Å². The third-order valence-electron chi connectivity index (χ3n) is 7.49. The fourth-order valence-corrected chi connectivity index (χ4v) is 6.07. The number of aryl methyl sites for hydroxylation is 7. The topological polar surface area (TPSA) is 129 Å². The fourth-order valence-electron chi connectivity index (χ4n) is 5.56. The van der Waals surface area contributed by atoms with Crippen molar-refractivity contribution in [3.63, 3.8) is 0 Å². The maximum absolute atomic E-state index is 10.2. The van der Waals surface area contributed by atoms with E-state index >= 15 is 0 Å². The summed E-state index contributed by atoms with van der Waals surface area (Å²) in [7, 11) is 0. The molecule has 230 valence electrons. The molecule has 0 atom stereocenters. The Hall–Kier alpha value is -4.95. The molecule has 0 spiro atoms. The lowest BCUT2D eigenvalue weighted by molar-refractivity contribution is 0.558. The van der Waals surface area contributed by atoms with E-state index in [1.165, 1.54) is 22.5 Å². The summed E-state index contributed by atoms with van der Waals surface area (Å²) in [5.74, 6) is 1.51. The maximum atomic E-state index is 10.2. The van der Waals surface area contributed by atoms with Crippen LogP contribution in [0.15, 0.2) is 46.1 Å². The molecule has 3 heterocycles. The number of anilines is 4. The van der Waals surface area contributed by atoms with Gasteiger partial charge in [0, 0.05) is 16.8 Å². The van der Waals surface area contributed by atoms with E-state index in [1.54, 1.807) is 10.2 Å². The highest BCUT2D eigenvalue weighted by Crippen LogP contribution is 2.39. The predicted molar refractivity (Wildman–Crippen MR) is 181 cm³/mol. The molecule has 0 amide bonds. The molecule has 45 heavy (non-hydrogen) atoms. The zero-order valence-corrected chi connectivity index (χ0v) is 28.3. The minimum Gasteiger partial charge on any atom is -0.340 e. The lowest BCUT2D eigenvalue weighted by Gasteiger charge is -2.18. The standard InChI is InChI=1S/C34H38N10S/c1-18-11-20(3)27(21(4)12-18)37-26-15-24(7)29(31(38-26)39-28-22(5)13-19(2)14-23(28)6)40-41-32-25(16-35)30(34(8,9)10)43-44(32)33-42-36-17-45-33/h11-15,17H,1-10H3,(H2,37,38,39). The van der Waals surface area contributed by atoms with Gasteiger partial charge in [0.05, 0.1) is 5.69 Å². The van der Waals surface area contributed by atoms with E-state index in [0.29, 0.717) is 39.5 Å². The largest absolute Gasteiger partial charge is 0.340 e. The second-order valence-electron chi connectivity index (χ2n) is 12.6. The molecule has 0 fully saturated rings. The number of aromatic nitrogens is 5. The van der Waals surface area contributed by atoms with Gasteiger partial charge in [-0.2, -0.15) is 15.0 Å². The van der Waals surface area contributed by atoms with E-state index < -0.39 is 5.41 Å². The van der Waals surface area contributed by atoms with Gasteiger partial charge < -0.3 is 10.6 Å². The predicted octanol–water partition coefficient (Wildman–Crippen LogP) is 9.35. The van der Waals surface area contributed by atoms with E-state index in [1.807, 2.05) is 33.8 Å². The lowest BCUT2D eigenvalue weighted by Crippen LogP contribution is -2.14. The van der Waals surface area contributed by atoms with Crippen molar-refractivity contribution in [2.24, 2.45) is 10.2 Å². The molecular formula is C34H38N10S. The number of pyridine rings is 1. The SMILES string of the molecule is Cc1cc(C)c(Nc2cc(C)c(N=Nc3c(C#N)c(C(C)(C)C)nn3-c3nncs3)c(Nc3c(C)cc(C)cc3C)n2)c(C)c1. The normalized spacial score (nSPS) is 11.7. The average molecular weight is 619 g/mol. The zero-order chi connectivity index (χ0) is 32.6. The molecule has 0 radical (unpaired) electrons. The lowest BCUT2D eigenvalue weighted by atomic mass is 9.90. The molecule has 2 aromatic carbocycles. The number of benzene rings is 2. The molecule has 10 nitrogen and oxygen atoms in total. The van der Waals surface area contributed by atoms with E-state index in [-0.39, 0.29) is 0 Å². The number of nitrogens with zero attached hydrogens (tertiary/aromatic N) is 8. The van der Waals surface area contributed by atoms with Crippen molar-refractivity contribution >= 4 is 45.9 Å². The first kappa shape index (κ1) is 31.5. The summed E-state index contributed by atoms with van der Waals surface area (Å²) >= 11 is 1.31. The number of nitriles is 1. The van der Waals surface area contributed by atoms with Gasteiger partial charge in [-0.25, -0.2) is 4.98 Å². The highest BCUT2D eigenvalue weighted by atomic mass is 32.1. The number of nitrogens with one attached hydrogen (secondary N) is 2. The van der Waals surface area contributed by atoms with Crippen molar-refractivity contribution < 1.29 is 0 Å². The third-order valence-corrected chi connectivity index (χ3v) is 8.16. The van der Waals surface area contributed by atoms with E-state index in [0.717, 1.165) is 39.2 Å². The van der Waals surface area contributed by atoms with Crippen LogP contribution in [-0.4, -0.2) is 25.0 Å². The van der Waals surface area contributed by atoms with E-state index in [9.17, 15) is 5.26 Å². The van der Waals surface area contributed by atoms with Gasteiger partial charge in [-0.3, -0.25) is 0 Å². The Morgan fingerprint density at radius 2 is 1.38 bits per heavy atom. The van der Waals surface area contributed by atoms with Crippen LogP contribution < -0.4 is 10.6 Å². The first-order valence-electron chi connectivity index (χ1n) is 14.7. The minimum absolute atomic E-state index is 0.292. The highest BCUT2D eigenvalue weighted by molar-refractivity contribution is 7.11. The van der Waals surface area contributed by atoms with Gasteiger partial charge >= 0.3 is 0 Å². The van der Waals surface area contributed by atoms with Crippen molar-refractivity contribution in [1.82, 2.24) is 25.0 Å². The molecule has 5 aromatic rings. The first-order valence-corrected chi connectivity index (χ1v) is 15.6. The molecule has 11 heteroatoms. The summed E-state index contributed by atoms with van der Waals surface area (Å²) in [5.41, 5.74) is 12.4. The second kappa shape index (κ2) is 12.2. The third kappa shape index (κ3) is 6.47. The number of azo groups is 1. The highest BCUT2D eigenvalue weighted by Gasteiger charge is 2.29. The van der Waals surface area contributed by atoms with Crippen LogP contribution in [0.1, 0.15) is 71.0 Å². The van der Waals surface area contributed by atoms with Crippen LogP contribution in [0.2, 0.25) is 0 Å². The van der Waals surface area contributed by atoms with Gasteiger partial charge in [-0.1, -0.05) is 67.5 Å². The Balaban J connectivity index is 1.68. The number of hydrogen-bond donors (Lipinski definition) is 2. The molecule has 5 rings (SSSR count). The van der Waals surface area contributed by atoms with Crippen molar-refractivity contribution in [1.29, 1.82) is 5.26 Å². The van der Waals surface area contributed by atoms with Crippen molar-refractivity contribution in [2.75, 3.05) is 10.6 Å². The minimum atomic E-state index is -0.407. The number of hydrogen-bond acceptors (Lipinski definition) is 10. The van der Waals surface area contributed by atoms with E-state index in [2.05, 4.69) is 97.8 Å². The van der Waals surface area contributed by atoms with Gasteiger partial charge in [0.15, 0.2) is 11.6 Å². The van der Waals surface area contributed by atoms with E-state index in [4.69, 9.17) is 15.2 Å². The Bertz CT molecular complexity index is 1930. The molecule has 0 saturated heterocycles. The van der Waals surface area contributed by atoms with Crippen molar-refractivity contribution in [3.8, 4) is 11.2 Å². The number of rotatable bonds is 7. The summed E-state index contributed by atoms with van der Waals surface area (Å²) < 4.78 is 1.54. The molecule has 0 bridgehead atoms. The van der Waals surface area contributed by atoms with Gasteiger partial charge in [0.25, 0.3) is 0 Å². The van der Waals surface area contributed by atoms with Crippen LogP contribution in [0.4, 0.5) is 34.5 Å². The second-order valence-corrected chi connectivity index (χ2v) is 13.4. The van der Waals surface area contributed by atoms with Crippen LogP contribution in [0.25, 0.3) is 5.13 Å². The molecule has 3 aromatic heterocycles. The van der Waals surface area contributed by atoms with Crippen LogP contribution in [-0.2, 0) is 5.41 Å². The summed E-state index contributed by atoms with van der Waals surface area (Å²) in [6.45, 7) is 20.5.